The second kappa shape index (κ2) is 6.10. The number of amides is 1. The second-order valence-corrected chi connectivity index (χ2v) is 5.20. The average Bonchev–Trinajstić information content (AvgIpc) is 2.44. The lowest BCUT2D eigenvalue weighted by atomic mass is 10.1. The van der Waals surface area contributed by atoms with Gasteiger partial charge in [-0.05, 0) is 37.1 Å². The molecule has 1 unspecified atom stereocenters. The lowest BCUT2D eigenvalue weighted by Crippen LogP contribution is -2.27. The van der Waals surface area contributed by atoms with Gasteiger partial charge in [0.2, 0.25) is 0 Å². The van der Waals surface area contributed by atoms with E-state index in [1.807, 2.05) is 0 Å². The van der Waals surface area contributed by atoms with Gasteiger partial charge in [0.05, 0.1) is 16.6 Å². The smallest absolute Gasteiger partial charge is 0.253 e. The van der Waals surface area contributed by atoms with Crippen LogP contribution in [0.3, 0.4) is 0 Å². The zero-order valence-corrected chi connectivity index (χ0v) is 12.4. The maximum Gasteiger partial charge on any atom is 0.253 e. The molecule has 0 spiro atoms. The van der Waals surface area contributed by atoms with Gasteiger partial charge in [-0.25, -0.2) is 9.37 Å². The van der Waals surface area contributed by atoms with E-state index in [9.17, 15) is 9.18 Å². The molecule has 6 heteroatoms. The summed E-state index contributed by atoms with van der Waals surface area (Å²) in [5, 5.41) is 2.97. The molecule has 1 amide bonds. The van der Waals surface area contributed by atoms with E-state index in [2.05, 4.69) is 10.3 Å². The average molecular weight is 308 g/mol. The summed E-state index contributed by atoms with van der Waals surface area (Å²) in [5.74, 6) is -0.485. The van der Waals surface area contributed by atoms with Gasteiger partial charge in [0, 0.05) is 6.20 Å². The third kappa shape index (κ3) is 3.49. The lowest BCUT2D eigenvalue weighted by molar-refractivity contribution is 0.0940. The first-order valence-electron chi connectivity index (χ1n) is 6.36. The van der Waals surface area contributed by atoms with Crippen LogP contribution in [0, 0.1) is 12.7 Å². The molecule has 1 aromatic heterocycles. The van der Waals surface area contributed by atoms with Crippen LogP contribution in [0.25, 0.3) is 0 Å². The van der Waals surface area contributed by atoms with Gasteiger partial charge in [-0.15, -0.1) is 0 Å². The Morgan fingerprint density at radius 3 is 2.81 bits per heavy atom. The van der Waals surface area contributed by atoms with Gasteiger partial charge in [-0.1, -0.05) is 23.7 Å². The molecular formula is C15H15ClFN3O. The summed E-state index contributed by atoms with van der Waals surface area (Å²) in [4.78, 5) is 16.0. The van der Waals surface area contributed by atoms with Gasteiger partial charge < -0.3 is 11.1 Å². The number of hydrogen-bond donors (Lipinski definition) is 2. The number of nitrogen functional groups attached to an aromatic ring is 1. The summed E-state index contributed by atoms with van der Waals surface area (Å²) in [6.45, 7) is 3.45. The molecule has 0 bridgehead atoms. The van der Waals surface area contributed by atoms with Crippen molar-refractivity contribution in [1.82, 2.24) is 10.3 Å². The number of rotatable bonds is 3. The second-order valence-electron chi connectivity index (χ2n) is 4.79. The summed E-state index contributed by atoms with van der Waals surface area (Å²) in [7, 11) is 0. The number of carbonyl (C=O) groups is 1. The van der Waals surface area contributed by atoms with Crippen LogP contribution in [0.5, 0.6) is 0 Å². The van der Waals surface area contributed by atoms with Crippen molar-refractivity contribution in [1.29, 1.82) is 0 Å². The summed E-state index contributed by atoms with van der Waals surface area (Å²) in [5.41, 5.74) is 7.01. The minimum atomic E-state index is -0.386. The van der Waals surface area contributed by atoms with E-state index < -0.39 is 0 Å². The standard InChI is InChI=1S/C15H15ClFN3O/c1-8-3-4-10(5-13(8)17)9(2)20-15(21)11-6-14(18)19-7-12(11)16/h3-7,9H,1-2H3,(H2,18,19)(H,20,21). The molecule has 110 valence electrons. The van der Waals surface area contributed by atoms with Gasteiger partial charge >= 0.3 is 0 Å². The zero-order chi connectivity index (χ0) is 15.6. The molecule has 3 N–H and O–H groups in total. The first kappa shape index (κ1) is 15.3. The largest absolute Gasteiger partial charge is 0.384 e. The first-order chi connectivity index (χ1) is 9.88. The van der Waals surface area contributed by atoms with Crippen molar-refractivity contribution < 1.29 is 9.18 Å². The molecule has 2 rings (SSSR count). The molecule has 1 atom stereocenters. The summed E-state index contributed by atoms with van der Waals surface area (Å²) in [6.07, 6.45) is 1.32. The Hall–Kier alpha value is -2.14. The molecule has 0 aliphatic carbocycles. The van der Waals surface area contributed by atoms with E-state index in [1.165, 1.54) is 18.3 Å². The fourth-order valence-corrected chi connectivity index (χ4v) is 2.05. The zero-order valence-electron chi connectivity index (χ0n) is 11.7. The van der Waals surface area contributed by atoms with E-state index >= 15 is 0 Å². The van der Waals surface area contributed by atoms with Crippen molar-refractivity contribution >= 4 is 23.3 Å². The number of benzene rings is 1. The van der Waals surface area contributed by atoms with Gasteiger partial charge in [0.1, 0.15) is 11.6 Å². The van der Waals surface area contributed by atoms with Crippen LogP contribution in [0.15, 0.2) is 30.5 Å². The van der Waals surface area contributed by atoms with Crippen molar-refractivity contribution in [2.75, 3.05) is 5.73 Å². The van der Waals surface area contributed by atoms with Crippen LogP contribution in [0.2, 0.25) is 5.02 Å². The molecule has 0 radical (unpaired) electrons. The topological polar surface area (TPSA) is 68.0 Å². The number of hydrogen-bond acceptors (Lipinski definition) is 3. The Bertz CT molecular complexity index is 691. The molecule has 0 aliphatic rings. The van der Waals surface area contributed by atoms with Crippen molar-refractivity contribution in [3.8, 4) is 0 Å². The number of anilines is 1. The number of pyridine rings is 1. The highest BCUT2D eigenvalue weighted by molar-refractivity contribution is 6.33. The molecule has 0 fully saturated rings. The number of nitrogens with two attached hydrogens (primary N) is 1. The van der Waals surface area contributed by atoms with Crippen molar-refractivity contribution in [2.24, 2.45) is 0 Å². The summed E-state index contributed by atoms with van der Waals surface area (Å²) in [6, 6.07) is 5.89. The van der Waals surface area contributed by atoms with Gasteiger partial charge in [-0.2, -0.15) is 0 Å². The Labute approximate surface area is 127 Å². The minimum absolute atomic E-state index is 0.207. The molecule has 2 aromatic rings. The highest BCUT2D eigenvalue weighted by Crippen LogP contribution is 2.20. The van der Waals surface area contributed by atoms with Crippen molar-refractivity contribution in [2.45, 2.75) is 19.9 Å². The Morgan fingerprint density at radius 1 is 1.43 bits per heavy atom. The molecule has 1 heterocycles. The van der Waals surface area contributed by atoms with Crippen LogP contribution in [-0.2, 0) is 0 Å². The van der Waals surface area contributed by atoms with E-state index in [4.69, 9.17) is 17.3 Å². The quantitative estimate of drug-likeness (QED) is 0.914. The normalized spacial score (nSPS) is 12.0. The highest BCUT2D eigenvalue weighted by atomic mass is 35.5. The number of carbonyl (C=O) groups excluding carboxylic acids is 1. The predicted molar refractivity (Wildman–Crippen MR) is 80.7 cm³/mol. The summed E-state index contributed by atoms with van der Waals surface area (Å²) >= 11 is 5.93. The van der Waals surface area contributed by atoms with Crippen molar-refractivity contribution in [3.63, 3.8) is 0 Å². The number of nitrogens with one attached hydrogen (secondary N) is 1. The monoisotopic (exact) mass is 307 g/mol. The molecule has 21 heavy (non-hydrogen) atoms. The number of nitrogens with zero attached hydrogens (tertiary/aromatic N) is 1. The van der Waals surface area contributed by atoms with E-state index in [0.717, 1.165) is 0 Å². The fraction of sp³-hybridized carbons (Fsp3) is 0.200. The van der Waals surface area contributed by atoms with Crippen LogP contribution in [-0.4, -0.2) is 10.9 Å². The Kier molecular flexibility index (Phi) is 4.43. The van der Waals surface area contributed by atoms with Crippen LogP contribution in [0.4, 0.5) is 10.2 Å². The Morgan fingerprint density at radius 2 is 2.14 bits per heavy atom. The highest BCUT2D eigenvalue weighted by Gasteiger charge is 2.15. The van der Waals surface area contributed by atoms with Crippen LogP contribution < -0.4 is 11.1 Å². The van der Waals surface area contributed by atoms with E-state index in [0.29, 0.717) is 11.1 Å². The molecule has 4 nitrogen and oxygen atoms in total. The van der Waals surface area contributed by atoms with Gasteiger partial charge in [-0.3, -0.25) is 4.79 Å². The lowest BCUT2D eigenvalue weighted by Gasteiger charge is -2.15. The van der Waals surface area contributed by atoms with Crippen molar-refractivity contribution in [3.05, 3.63) is 58.0 Å². The molecule has 0 saturated carbocycles. The third-order valence-electron chi connectivity index (χ3n) is 3.16. The summed E-state index contributed by atoms with van der Waals surface area (Å²) < 4.78 is 13.6. The molecule has 0 saturated heterocycles. The maximum atomic E-state index is 13.6. The number of aryl methyl sites for hydroxylation is 1. The SMILES string of the molecule is Cc1ccc(C(C)NC(=O)c2cc(N)ncc2Cl)cc1F. The predicted octanol–water partition coefficient (Wildman–Crippen LogP) is 3.26. The number of aromatic nitrogens is 1. The maximum absolute atomic E-state index is 13.6. The third-order valence-corrected chi connectivity index (χ3v) is 3.47. The molecule has 0 aliphatic heterocycles. The van der Waals surface area contributed by atoms with E-state index in [-0.39, 0.29) is 34.2 Å². The van der Waals surface area contributed by atoms with Crippen LogP contribution >= 0.6 is 11.6 Å². The number of halogens is 2. The van der Waals surface area contributed by atoms with E-state index in [1.54, 1.807) is 26.0 Å². The van der Waals surface area contributed by atoms with Gasteiger partial charge in [0.15, 0.2) is 0 Å². The molecule has 1 aromatic carbocycles. The minimum Gasteiger partial charge on any atom is -0.384 e. The fourth-order valence-electron chi connectivity index (χ4n) is 1.87. The molecular weight excluding hydrogens is 293 g/mol. The first-order valence-corrected chi connectivity index (χ1v) is 6.74. The van der Waals surface area contributed by atoms with Gasteiger partial charge in [0.25, 0.3) is 5.91 Å². The Balaban J connectivity index is 2.18. The van der Waals surface area contributed by atoms with Crippen LogP contribution in [0.1, 0.15) is 34.5 Å².